The number of hydrogen-bond acceptors (Lipinski definition) is 3. The normalized spacial score (nSPS) is 32.9. The molecule has 5 rings (SSSR count). The second-order valence-electron chi connectivity index (χ2n) is 8.91. The molecule has 6 nitrogen and oxygen atoms in total. The molecule has 4 fully saturated rings. The minimum Gasteiger partial charge on any atom is -0.335 e. The fraction of sp³-hybridized carbons (Fsp3) is 0.650. The fourth-order valence-electron chi connectivity index (χ4n) is 6.35. The van der Waals surface area contributed by atoms with Crippen molar-refractivity contribution in [3.63, 3.8) is 0 Å². The number of primary sulfonamides is 1. The van der Waals surface area contributed by atoms with Gasteiger partial charge in [0, 0.05) is 11.7 Å². The molecular formula is C20H29N3O3S. The summed E-state index contributed by atoms with van der Waals surface area (Å²) in [4.78, 5) is 12.6. The zero-order valence-corrected chi connectivity index (χ0v) is 16.6. The van der Waals surface area contributed by atoms with E-state index >= 15 is 0 Å². The molecule has 1 aromatic rings. The van der Waals surface area contributed by atoms with Crippen LogP contribution in [0.25, 0.3) is 0 Å². The van der Waals surface area contributed by atoms with Crippen molar-refractivity contribution in [3.8, 4) is 0 Å². The average Bonchev–Trinajstić information content (AvgIpc) is 2.58. The number of hydrogen-bond donors (Lipinski definition) is 3. The molecule has 0 aromatic heterocycles. The summed E-state index contributed by atoms with van der Waals surface area (Å²) in [6.07, 6.45) is 8.85. The molecule has 0 heterocycles. The first-order chi connectivity index (χ1) is 12.8. The third kappa shape index (κ3) is 3.72. The number of nitrogens with one attached hydrogen (secondary N) is 2. The molecule has 0 unspecified atom stereocenters. The molecule has 0 saturated heterocycles. The summed E-state index contributed by atoms with van der Waals surface area (Å²) in [5, 5.41) is 11.2. The van der Waals surface area contributed by atoms with Crippen molar-refractivity contribution in [2.45, 2.75) is 62.8 Å². The van der Waals surface area contributed by atoms with E-state index in [1.807, 2.05) is 0 Å². The number of rotatable bonds is 5. The predicted molar refractivity (Wildman–Crippen MR) is 105 cm³/mol. The number of sulfonamides is 1. The molecule has 4 bridgehead atoms. The molecule has 2 amide bonds. The second-order valence-corrected chi connectivity index (χ2v) is 10.5. The lowest BCUT2D eigenvalue weighted by Gasteiger charge is -2.59. The summed E-state index contributed by atoms with van der Waals surface area (Å²) in [5.74, 6) is 2.54. The maximum atomic E-state index is 12.6. The van der Waals surface area contributed by atoms with Gasteiger partial charge in [0.15, 0.2) is 0 Å². The van der Waals surface area contributed by atoms with Gasteiger partial charge in [0.2, 0.25) is 10.0 Å². The lowest BCUT2D eigenvalue weighted by Crippen LogP contribution is -2.57. The molecule has 4 aliphatic rings. The number of carbonyl (C=O) groups is 1. The van der Waals surface area contributed by atoms with Crippen molar-refractivity contribution in [1.82, 2.24) is 5.32 Å². The molecule has 27 heavy (non-hydrogen) atoms. The lowest BCUT2D eigenvalue weighted by molar-refractivity contribution is -0.0719. The third-order valence-electron chi connectivity index (χ3n) is 6.98. The maximum absolute atomic E-state index is 12.6. The minimum atomic E-state index is -3.73. The third-order valence-corrected chi connectivity index (χ3v) is 7.91. The van der Waals surface area contributed by atoms with E-state index < -0.39 is 10.0 Å². The SMILES string of the molecule is CC[C@@H](NC(=O)Nc1ccc(S(N)(=O)=O)cc1)C12CC3CC(CC(C3)C1)C2. The smallest absolute Gasteiger partial charge is 0.319 e. The van der Waals surface area contributed by atoms with E-state index in [0.29, 0.717) is 5.69 Å². The van der Waals surface area contributed by atoms with Gasteiger partial charge >= 0.3 is 6.03 Å². The van der Waals surface area contributed by atoms with Gasteiger partial charge in [-0.25, -0.2) is 18.4 Å². The summed E-state index contributed by atoms with van der Waals surface area (Å²) >= 11 is 0. The van der Waals surface area contributed by atoms with Gasteiger partial charge in [-0.15, -0.1) is 0 Å². The van der Waals surface area contributed by atoms with Gasteiger partial charge in [0.1, 0.15) is 0 Å². The highest BCUT2D eigenvalue weighted by molar-refractivity contribution is 7.89. The number of benzene rings is 1. The molecule has 7 heteroatoms. The highest BCUT2D eigenvalue weighted by Crippen LogP contribution is 2.61. The first kappa shape index (κ1) is 18.7. The molecule has 1 aromatic carbocycles. The number of amides is 2. The molecule has 0 aliphatic heterocycles. The Morgan fingerprint density at radius 3 is 2.07 bits per heavy atom. The Kier molecular flexibility index (Phi) is 4.71. The molecular weight excluding hydrogens is 362 g/mol. The van der Waals surface area contributed by atoms with E-state index in [1.165, 1.54) is 50.7 Å². The van der Waals surface area contributed by atoms with Crippen LogP contribution in [0.4, 0.5) is 10.5 Å². The van der Waals surface area contributed by atoms with E-state index in [4.69, 9.17) is 5.14 Å². The van der Waals surface area contributed by atoms with E-state index in [1.54, 1.807) is 12.1 Å². The number of nitrogens with two attached hydrogens (primary N) is 1. The first-order valence-electron chi connectivity index (χ1n) is 9.98. The molecule has 0 spiro atoms. The Balaban J connectivity index is 1.42. The summed E-state index contributed by atoms with van der Waals surface area (Å²) in [5.41, 5.74) is 0.818. The van der Waals surface area contributed by atoms with E-state index in [9.17, 15) is 13.2 Å². The van der Waals surface area contributed by atoms with Crippen LogP contribution in [0, 0.1) is 23.2 Å². The van der Waals surface area contributed by atoms with Crippen LogP contribution in [0.3, 0.4) is 0 Å². The highest BCUT2D eigenvalue weighted by Gasteiger charge is 2.54. The topological polar surface area (TPSA) is 101 Å². The molecule has 4 aliphatic carbocycles. The zero-order chi connectivity index (χ0) is 19.2. The summed E-state index contributed by atoms with van der Waals surface area (Å²) in [6.45, 7) is 2.16. The van der Waals surface area contributed by atoms with Crippen LogP contribution in [0.5, 0.6) is 0 Å². The van der Waals surface area contributed by atoms with Crippen molar-refractivity contribution in [2.75, 3.05) is 5.32 Å². The van der Waals surface area contributed by atoms with Gasteiger partial charge in [-0.2, -0.15) is 0 Å². The Labute approximate surface area is 161 Å². The summed E-state index contributed by atoms with van der Waals surface area (Å²) in [6, 6.07) is 5.90. The molecule has 4 saturated carbocycles. The average molecular weight is 392 g/mol. The van der Waals surface area contributed by atoms with Crippen LogP contribution in [-0.4, -0.2) is 20.5 Å². The molecule has 1 atom stereocenters. The van der Waals surface area contributed by atoms with Crippen LogP contribution >= 0.6 is 0 Å². The Morgan fingerprint density at radius 1 is 1.11 bits per heavy atom. The quantitative estimate of drug-likeness (QED) is 0.716. The second kappa shape index (κ2) is 6.78. The largest absolute Gasteiger partial charge is 0.335 e. The van der Waals surface area contributed by atoms with Gasteiger partial charge < -0.3 is 10.6 Å². The standard InChI is InChI=1S/C20H29N3O3S/c1-2-18(20-10-13-7-14(11-20)9-15(8-13)12-20)23-19(24)22-16-3-5-17(6-4-16)27(21,25)26/h3-6,13-15,18H,2,7-12H2,1H3,(H2,21,25,26)(H2,22,23,24)/t13?,14?,15?,18-,20?/m1/s1. The van der Waals surface area contributed by atoms with Crippen LogP contribution in [0.1, 0.15) is 51.9 Å². The zero-order valence-electron chi connectivity index (χ0n) is 15.8. The van der Waals surface area contributed by atoms with Crippen LogP contribution in [0.2, 0.25) is 0 Å². The lowest BCUT2D eigenvalue weighted by atomic mass is 9.47. The van der Waals surface area contributed by atoms with Crippen molar-refractivity contribution in [3.05, 3.63) is 24.3 Å². The first-order valence-corrected chi connectivity index (χ1v) is 11.5. The van der Waals surface area contributed by atoms with Crippen molar-refractivity contribution >= 4 is 21.7 Å². The maximum Gasteiger partial charge on any atom is 0.319 e. The molecule has 0 radical (unpaired) electrons. The van der Waals surface area contributed by atoms with Crippen molar-refractivity contribution in [2.24, 2.45) is 28.3 Å². The Hall–Kier alpha value is -1.60. The summed E-state index contributed by atoms with van der Waals surface area (Å²) < 4.78 is 22.7. The monoisotopic (exact) mass is 391 g/mol. The number of anilines is 1. The van der Waals surface area contributed by atoms with Crippen molar-refractivity contribution in [1.29, 1.82) is 0 Å². The van der Waals surface area contributed by atoms with Gasteiger partial charge in [-0.05, 0) is 92.4 Å². The van der Waals surface area contributed by atoms with E-state index in [0.717, 1.165) is 24.2 Å². The number of carbonyl (C=O) groups excluding carboxylic acids is 1. The highest BCUT2D eigenvalue weighted by atomic mass is 32.2. The van der Waals surface area contributed by atoms with Gasteiger partial charge in [0.25, 0.3) is 0 Å². The van der Waals surface area contributed by atoms with Crippen LogP contribution < -0.4 is 15.8 Å². The Bertz CT molecular complexity index is 784. The summed E-state index contributed by atoms with van der Waals surface area (Å²) in [7, 11) is -3.73. The van der Waals surface area contributed by atoms with Crippen LogP contribution in [0.15, 0.2) is 29.2 Å². The van der Waals surface area contributed by atoms with E-state index in [2.05, 4.69) is 17.6 Å². The Morgan fingerprint density at radius 2 is 1.63 bits per heavy atom. The van der Waals surface area contributed by atoms with Gasteiger partial charge in [-0.3, -0.25) is 0 Å². The van der Waals surface area contributed by atoms with Gasteiger partial charge in [-0.1, -0.05) is 6.92 Å². The fourth-order valence-corrected chi connectivity index (χ4v) is 6.86. The molecule has 148 valence electrons. The molecule has 4 N–H and O–H groups in total. The van der Waals surface area contributed by atoms with Gasteiger partial charge in [0.05, 0.1) is 4.90 Å². The van der Waals surface area contributed by atoms with Crippen molar-refractivity contribution < 1.29 is 13.2 Å². The van der Waals surface area contributed by atoms with E-state index in [-0.39, 0.29) is 22.4 Å². The van der Waals surface area contributed by atoms with Crippen LogP contribution in [-0.2, 0) is 10.0 Å². The minimum absolute atomic E-state index is 0.0356. The predicted octanol–water partition coefficient (Wildman–Crippen LogP) is 3.45. The number of urea groups is 1.